The maximum atomic E-state index is 5.92. The standard InChI is InChI=1S/C25H36N2O/c1-3-4-11-19-26-20-12-17-25(28-2)24(26)18-21-27(22-13-7-5-8-14-22)23-15-9-6-10-16-23/h5-10,13-16,24-25H,3-4,11-12,17-21H2,1-2H3. The second-order valence-electron chi connectivity index (χ2n) is 7.84. The molecule has 0 saturated carbocycles. The van der Waals surface area contributed by atoms with E-state index in [0.717, 1.165) is 13.0 Å². The average Bonchev–Trinajstić information content (AvgIpc) is 2.76. The van der Waals surface area contributed by atoms with Crippen LogP contribution in [0.2, 0.25) is 0 Å². The summed E-state index contributed by atoms with van der Waals surface area (Å²) in [6.07, 6.45) is 7.80. The van der Waals surface area contributed by atoms with E-state index in [-0.39, 0.29) is 0 Å². The normalized spacial score (nSPS) is 20.2. The number of methoxy groups -OCH3 is 1. The molecule has 3 rings (SSSR count). The molecule has 2 aromatic carbocycles. The molecule has 28 heavy (non-hydrogen) atoms. The molecule has 3 heteroatoms. The number of likely N-dealkylation sites (tertiary alicyclic amines) is 1. The highest BCUT2D eigenvalue weighted by Crippen LogP contribution is 2.28. The number of para-hydroxylation sites is 2. The molecule has 0 aliphatic carbocycles. The molecule has 1 heterocycles. The Morgan fingerprint density at radius 3 is 2.18 bits per heavy atom. The highest BCUT2D eigenvalue weighted by molar-refractivity contribution is 5.62. The summed E-state index contributed by atoms with van der Waals surface area (Å²) in [5, 5.41) is 0. The van der Waals surface area contributed by atoms with Crippen molar-refractivity contribution in [3.8, 4) is 0 Å². The van der Waals surface area contributed by atoms with E-state index in [1.54, 1.807) is 0 Å². The Morgan fingerprint density at radius 2 is 1.61 bits per heavy atom. The Morgan fingerprint density at radius 1 is 0.964 bits per heavy atom. The largest absolute Gasteiger partial charge is 0.380 e. The van der Waals surface area contributed by atoms with Gasteiger partial charge in [-0.3, -0.25) is 4.90 Å². The van der Waals surface area contributed by atoms with Gasteiger partial charge in [-0.15, -0.1) is 0 Å². The highest BCUT2D eigenvalue weighted by atomic mass is 16.5. The lowest BCUT2D eigenvalue weighted by molar-refractivity contribution is -0.0212. The van der Waals surface area contributed by atoms with E-state index in [9.17, 15) is 0 Å². The third-order valence-corrected chi connectivity index (χ3v) is 5.97. The third-order valence-electron chi connectivity index (χ3n) is 5.97. The van der Waals surface area contributed by atoms with E-state index >= 15 is 0 Å². The van der Waals surface area contributed by atoms with Crippen molar-refractivity contribution < 1.29 is 4.74 Å². The Labute approximate surface area is 171 Å². The smallest absolute Gasteiger partial charge is 0.0727 e. The summed E-state index contributed by atoms with van der Waals surface area (Å²) in [6.45, 7) is 5.70. The molecule has 2 aromatic rings. The predicted molar refractivity (Wildman–Crippen MR) is 119 cm³/mol. The molecule has 0 bridgehead atoms. The predicted octanol–water partition coefficient (Wildman–Crippen LogP) is 5.88. The first-order valence-corrected chi connectivity index (χ1v) is 11.0. The Hall–Kier alpha value is -1.84. The molecule has 2 atom stereocenters. The van der Waals surface area contributed by atoms with Crippen LogP contribution in [0.1, 0.15) is 45.4 Å². The number of ether oxygens (including phenoxy) is 1. The number of hydrogen-bond donors (Lipinski definition) is 0. The lowest BCUT2D eigenvalue weighted by atomic mass is 9.95. The lowest BCUT2D eigenvalue weighted by Crippen LogP contribution is -2.50. The molecular formula is C25H36N2O. The minimum atomic E-state index is 0.351. The van der Waals surface area contributed by atoms with Gasteiger partial charge in [-0.25, -0.2) is 0 Å². The van der Waals surface area contributed by atoms with Crippen LogP contribution in [0.25, 0.3) is 0 Å². The van der Waals surface area contributed by atoms with Crippen molar-refractivity contribution in [1.82, 2.24) is 4.90 Å². The van der Waals surface area contributed by atoms with Gasteiger partial charge in [0.2, 0.25) is 0 Å². The van der Waals surface area contributed by atoms with Crippen LogP contribution in [0.15, 0.2) is 60.7 Å². The van der Waals surface area contributed by atoms with Crippen molar-refractivity contribution in [2.24, 2.45) is 0 Å². The summed E-state index contributed by atoms with van der Waals surface area (Å²) in [7, 11) is 1.89. The van der Waals surface area contributed by atoms with Crippen LogP contribution in [0.5, 0.6) is 0 Å². The van der Waals surface area contributed by atoms with E-state index in [2.05, 4.69) is 77.4 Å². The monoisotopic (exact) mass is 380 g/mol. The van der Waals surface area contributed by atoms with Gasteiger partial charge in [-0.05, 0) is 63.0 Å². The molecular weight excluding hydrogens is 344 g/mol. The van der Waals surface area contributed by atoms with E-state index in [1.807, 2.05) is 7.11 Å². The Kier molecular flexibility index (Phi) is 8.38. The molecule has 0 radical (unpaired) electrons. The van der Waals surface area contributed by atoms with Crippen LogP contribution >= 0.6 is 0 Å². The topological polar surface area (TPSA) is 15.7 Å². The second-order valence-corrected chi connectivity index (χ2v) is 7.84. The zero-order valence-electron chi connectivity index (χ0n) is 17.6. The molecule has 3 nitrogen and oxygen atoms in total. The van der Waals surface area contributed by atoms with E-state index in [0.29, 0.717) is 12.1 Å². The number of hydrogen-bond acceptors (Lipinski definition) is 3. The van der Waals surface area contributed by atoms with Crippen molar-refractivity contribution in [1.29, 1.82) is 0 Å². The molecule has 0 N–H and O–H groups in total. The number of rotatable bonds is 10. The van der Waals surface area contributed by atoms with E-state index in [4.69, 9.17) is 4.74 Å². The van der Waals surface area contributed by atoms with Crippen LogP contribution in [0.4, 0.5) is 11.4 Å². The summed E-state index contributed by atoms with van der Waals surface area (Å²) < 4.78 is 5.92. The molecule has 0 spiro atoms. The number of piperidine rings is 1. The maximum Gasteiger partial charge on any atom is 0.0727 e. The molecule has 1 aliphatic rings. The molecule has 1 fully saturated rings. The zero-order valence-corrected chi connectivity index (χ0v) is 17.6. The minimum Gasteiger partial charge on any atom is -0.380 e. The first-order valence-electron chi connectivity index (χ1n) is 11.0. The van der Waals surface area contributed by atoms with Crippen molar-refractivity contribution in [2.45, 2.75) is 57.6 Å². The summed E-state index contributed by atoms with van der Waals surface area (Å²) in [4.78, 5) is 5.15. The molecule has 1 aliphatic heterocycles. The molecule has 0 amide bonds. The average molecular weight is 381 g/mol. The maximum absolute atomic E-state index is 5.92. The number of anilines is 2. The molecule has 0 aromatic heterocycles. The van der Waals surface area contributed by atoms with Gasteiger partial charge in [0.05, 0.1) is 6.10 Å². The molecule has 2 unspecified atom stereocenters. The zero-order chi connectivity index (χ0) is 19.6. The van der Waals surface area contributed by atoms with Gasteiger partial charge in [0.25, 0.3) is 0 Å². The minimum absolute atomic E-state index is 0.351. The van der Waals surface area contributed by atoms with Gasteiger partial charge in [0.1, 0.15) is 0 Å². The van der Waals surface area contributed by atoms with E-state index in [1.165, 1.54) is 56.6 Å². The van der Waals surface area contributed by atoms with Gasteiger partial charge >= 0.3 is 0 Å². The van der Waals surface area contributed by atoms with Crippen molar-refractivity contribution in [3.63, 3.8) is 0 Å². The van der Waals surface area contributed by atoms with Gasteiger partial charge in [-0.2, -0.15) is 0 Å². The Balaban J connectivity index is 1.73. The summed E-state index contributed by atoms with van der Waals surface area (Å²) in [6, 6.07) is 22.0. The van der Waals surface area contributed by atoms with Gasteiger partial charge in [0, 0.05) is 31.1 Å². The SMILES string of the molecule is CCCCCN1CCCC(OC)C1CCN(c1ccccc1)c1ccccc1. The Bertz CT molecular complexity index is 621. The lowest BCUT2D eigenvalue weighted by Gasteiger charge is -2.42. The molecule has 1 saturated heterocycles. The summed E-state index contributed by atoms with van der Waals surface area (Å²) in [5.41, 5.74) is 2.52. The van der Waals surface area contributed by atoms with Gasteiger partial charge in [0.15, 0.2) is 0 Å². The van der Waals surface area contributed by atoms with Crippen LogP contribution in [0, 0.1) is 0 Å². The fourth-order valence-corrected chi connectivity index (χ4v) is 4.46. The highest BCUT2D eigenvalue weighted by Gasteiger charge is 2.31. The summed E-state index contributed by atoms with van der Waals surface area (Å²) >= 11 is 0. The number of benzene rings is 2. The van der Waals surface area contributed by atoms with Gasteiger partial charge < -0.3 is 9.64 Å². The second kappa shape index (κ2) is 11.2. The van der Waals surface area contributed by atoms with Crippen LogP contribution in [-0.4, -0.2) is 43.8 Å². The molecule has 152 valence electrons. The van der Waals surface area contributed by atoms with Crippen LogP contribution < -0.4 is 4.90 Å². The van der Waals surface area contributed by atoms with Gasteiger partial charge in [-0.1, -0.05) is 56.2 Å². The quantitative estimate of drug-likeness (QED) is 0.478. The third kappa shape index (κ3) is 5.59. The number of nitrogens with zero attached hydrogens (tertiary/aromatic N) is 2. The van der Waals surface area contributed by atoms with Crippen molar-refractivity contribution >= 4 is 11.4 Å². The van der Waals surface area contributed by atoms with Crippen molar-refractivity contribution in [3.05, 3.63) is 60.7 Å². The van der Waals surface area contributed by atoms with Crippen LogP contribution in [-0.2, 0) is 4.74 Å². The first kappa shape index (κ1) is 20.9. The fourth-order valence-electron chi connectivity index (χ4n) is 4.46. The van der Waals surface area contributed by atoms with Crippen molar-refractivity contribution in [2.75, 3.05) is 31.6 Å². The number of unbranched alkanes of at least 4 members (excludes halogenated alkanes) is 2. The fraction of sp³-hybridized carbons (Fsp3) is 0.520. The van der Waals surface area contributed by atoms with Crippen LogP contribution in [0.3, 0.4) is 0 Å². The van der Waals surface area contributed by atoms with E-state index < -0.39 is 0 Å². The summed E-state index contributed by atoms with van der Waals surface area (Å²) in [5.74, 6) is 0. The first-order chi connectivity index (χ1) is 13.8.